The standard InChI is InChI=1S/C22H34O5/c1-2-17(23)14-15-19-18(20(24)16-21(19)25)12-10-8-6-4-3-5-7-9-11-13-22(26)27/h3-4,7-10,14-15,17-21,23-25H,2,5-6,11-13,16H2,1H3,(H,26,27)/b4-3-,9-7-,10-8-,15-14+/t17-,18-,19-,20-,21+/m1/s1. The highest BCUT2D eigenvalue weighted by Gasteiger charge is 2.39. The van der Waals surface area contributed by atoms with Crippen molar-refractivity contribution in [2.24, 2.45) is 11.8 Å². The largest absolute Gasteiger partial charge is 0.481 e. The highest BCUT2D eigenvalue weighted by molar-refractivity contribution is 5.66. The average Bonchev–Trinajstić information content (AvgIpc) is 2.90. The Bertz CT molecular complexity index is 535. The number of hydrogen-bond acceptors (Lipinski definition) is 4. The van der Waals surface area contributed by atoms with Gasteiger partial charge in [-0.25, -0.2) is 0 Å². The van der Waals surface area contributed by atoms with E-state index in [1.165, 1.54) is 0 Å². The lowest BCUT2D eigenvalue weighted by Gasteiger charge is -2.19. The number of hydrogen-bond donors (Lipinski definition) is 4. The molecule has 1 saturated carbocycles. The van der Waals surface area contributed by atoms with Gasteiger partial charge in [0.25, 0.3) is 0 Å². The Morgan fingerprint density at radius 3 is 2.30 bits per heavy atom. The third kappa shape index (κ3) is 9.70. The van der Waals surface area contributed by atoms with Gasteiger partial charge in [0, 0.05) is 18.8 Å². The van der Waals surface area contributed by atoms with Crippen LogP contribution in [0.25, 0.3) is 0 Å². The van der Waals surface area contributed by atoms with E-state index in [4.69, 9.17) is 5.11 Å². The Morgan fingerprint density at radius 1 is 1.04 bits per heavy atom. The van der Waals surface area contributed by atoms with Crippen LogP contribution in [0.15, 0.2) is 48.6 Å². The summed E-state index contributed by atoms with van der Waals surface area (Å²) in [5, 5.41) is 38.5. The maximum absolute atomic E-state index is 10.4. The summed E-state index contributed by atoms with van der Waals surface area (Å²) in [6.07, 6.45) is 18.0. The third-order valence-electron chi connectivity index (χ3n) is 4.87. The van der Waals surface area contributed by atoms with E-state index in [1.54, 1.807) is 6.08 Å². The third-order valence-corrected chi connectivity index (χ3v) is 4.87. The zero-order valence-electron chi connectivity index (χ0n) is 16.2. The molecule has 0 spiro atoms. The fraction of sp³-hybridized carbons (Fsp3) is 0.591. The zero-order valence-corrected chi connectivity index (χ0v) is 16.2. The topological polar surface area (TPSA) is 98.0 Å². The van der Waals surface area contributed by atoms with Gasteiger partial charge in [0.15, 0.2) is 0 Å². The minimum Gasteiger partial charge on any atom is -0.481 e. The Kier molecular flexibility index (Phi) is 11.7. The lowest BCUT2D eigenvalue weighted by molar-refractivity contribution is -0.136. The molecule has 0 aromatic carbocycles. The summed E-state index contributed by atoms with van der Waals surface area (Å²) in [6, 6.07) is 0. The highest BCUT2D eigenvalue weighted by Crippen LogP contribution is 2.36. The normalized spacial score (nSPS) is 27.6. The van der Waals surface area contributed by atoms with Crippen LogP contribution in [0.4, 0.5) is 0 Å². The average molecular weight is 379 g/mol. The smallest absolute Gasteiger partial charge is 0.303 e. The molecule has 5 nitrogen and oxygen atoms in total. The lowest BCUT2D eigenvalue weighted by Crippen LogP contribution is -2.20. The van der Waals surface area contributed by atoms with Gasteiger partial charge >= 0.3 is 5.97 Å². The summed E-state index contributed by atoms with van der Waals surface area (Å²) in [5.41, 5.74) is 0. The second-order valence-electron chi connectivity index (χ2n) is 7.03. The SMILES string of the molecule is CC[C@@H](O)/C=C/[C@@H]1[C@@H](C/C=C\C/C=C\C/C=C\CCC(=O)O)[C@H](O)C[C@@H]1O. The fourth-order valence-corrected chi connectivity index (χ4v) is 3.22. The Labute approximate surface area is 162 Å². The molecule has 1 aliphatic rings. The summed E-state index contributed by atoms with van der Waals surface area (Å²) < 4.78 is 0. The minimum absolute atomic E-state index is 0.0299. The van der Waals surface area contributed by atoms with Crippen LogP contribution >= 0.6 is 0 Å². The van der Waals surface area contributed by atoms with Gasteiger partial charge in [-0.1, -0.05) is 55.5 Å². The molecular weight excluding hydrogens is 344 g/mol. The van der Waals surface area contributed by atoms with Crippen molar-refractivity contribution < 1.29 is 25.2 Å². The number of aliphatic hydroxyl groups excluding tert-OH is 3. The highest BCUT2D eigenvalue weighted by atomic mass is 16.4. The van der Waals surface area contributed by atoms with E-state index < -0.39 is 24.3 Å². The Balaban J connectivity index is 2.34. The Hall–Kier alpha value is -1.69. The van der Waals surface area contributed by atoms with Gasteiger partial charge in [0.2, 0.25) is 0 Å². The molecule has 5 atom stereocenters. The number of allylic oxidation sites excluding steroid dienone is 6. The Morgan fingerprint density at radius 2 is 1.67 bits per heavy atom. The quantitative estimate of drug-likeness (QED) is 0.390. The van der Waals surface area contributed by atoms with Crippen molar-refractivity contribution in [3.63, 3.8) is 0 Å². The molecule has 0 radical (unpaired) electrons. The van der Waals surface area contributed by atoms with E-state index in [-0.39, 0.29) is 18.3 Å². The molecule has 5 heteroatoms. The van der Waals surface area contributed by atoms with Crippen molar-refractivity contribution >= 4 is 5.97 Å². The van der Waals surface area contributed by atoms with Gasteiger partial charge in [-0.05, 0) is 38.0 Å². The van der Waals surface area contributed by atoms with Crippen LogP contribution in [-0.2, 0) is 4.79 Å². The van der Waals surface area contributed by atoms with Gasteiger partial charge in [-0.3, -0.25) is 4.79 Å². The van der Waals surface area contributed by atoms with Crippen LogP contribution in [0.1, 0.15) is 51.9 Å². The summed E-state index contributed by atoms with van der Waals surface area (Å²) in [6.45, 7) is 1.90. The first-order valence-electron chi connectivity index (χ1n) is 9.85. The molecule has 0 aromatic rings. The molecule has 1 rings (SSSR count). The van der Waals surface area contributed by atoms with E-state index in [9.17, 15) is 20.1 Å². The molecule has 1 aliphatic carbocycles. The van der Waals surface area contributed by atoms with E-state index in [0.717, 1.165) is 12.8 Å². The second-order valence-corrected chi connectivity index (χ2v) is 7.03. The van der Waals surface area contributed by atoms with Gasteiger partial charge < -0.3 is 20.4 Å². The van der Waals surface area contributed by atoms with Gasteiger partial charge in [-0.15, -0.1) is 0 Å². The molecule has 0 unspecified atom stereocenters. The number of carboxylic acids is 1. The molecule has 0 heterocycles. The van der Waals surface area contributed by atoms with E-state index in [1.807, 2.05) is 49.5 Å². The first-order valence-corrected chi connectivity index (χ1v) is 9.85. The molecule has 0 amide bonds. The van der Waals surface area contributed by atoms with Crippen LogP contribution < -0.4 is 0 Å². The molecule has 4 N–H and O–H groups in total. The summed E-state index contributed by atoms with van der Waals surface area (Å²) in [7, 11) is 0. The van der Waals surface area contributed by atoms with Crippen molar-refractivity contribution in [2.75, 3.05) is 0 Å². The van der Waals surface area contributed by atoms with Crippen molar-refractivity contribution in [3.05, 3.63) is 48.6 Å². The van der Waals surface area contributed by atoms with E-state index >= 15 is 0 Å². The summed E-state index contributed by atoms with van der Waals surface area (Å²) in [4.78, 5) is 10.4. The van der Waals surface area contributed by atoms with Gasteiger partial charge in [0.05, 0.1) is 18.3 Å². The zero-order chi connectivity index (χ0) is 20.1. The molecule has 0 bridgehead atoms. The van der Waals surface area contributed by atoms with Gasteiger partial charge in [0.1, 0.15) is 0 Å². The number of carbonyl (C=O) groups is 1. The summed E-state index contributed by atoms with van der Waals surface area (Å²) >= 11 is 0. The molecular formula is C22H34O5. The number of carboxylic acid groups (broad SMARTS) is 1. The second kappa shape index (κ2) is 13.5. The maximum Gasteiger partial charge on any atom is 0.303 e. The van der Waals surface area contributed by atoms with Crippen molar-refractivity contribution in [2.45, 2.75) is 70.2 Å². The molecule has 0 aliphatic heterocycles. The van der Waals surface area contributed by atoms with E-state index in [2.05, 4.69) is 0 Å². The van der Waals surface area contributed by atoms with Crippen LogP contribution in [-0.4, -0.2) is 44.7 Å². The first-order chi connectivity index (χ1) is 13.0. The number of rotatable bonds is 12. The van der Waals surface area contributed by atoms with Gasteiger partial charge in [-0.2, -0.15) is 0 Å². The first kappa shape index (κ1) is 23.3. The molecule has 0 aromatic heterocycles. The summed E-state index contributed by atoms with van der Waals surface area (Å²) in [5.74, 6) is -0.936. The molecule has 0 saturated heterocycles. The van der Waals surface area contributed by atoms with Crippen LogP contribution in [0.3, 0.4) is 0 Å². The predicted octanol–water partition coefficient (Wildman–Crippen LogP) is 3.38. The molecule has 1 fully saturated rings. The lowest BCUT2D eigenvalue weighted by atomic mass is 9.89. The fourth-order valence-electron chi connectivity index (χ4n) is 3.22. The van der Waals surface area contributed by atoms with Crippen LogP contribution in [0.2, 0.25) is 0 Å². The van der Waals surface area contributed by atoms with Crippen LogP contribution in [0, 0.1) is 11.8 Å². The van der Waals surface area contributed by atoms with Crippen molar-refractivity contribution in [1.82, 2.24) is 0 Å². The van der Waals surface area contributed by atoms with Crippen molar-refractivity contribution in [1.29, 1.82) is 0 Å². The molecule has 27 heavy (non-hydrogen) atoms. The number of aliphatic carboxylic acids is 1. The minimum atomic E-state index is -0.778. The monoisotopic (exact) mass is 378 g/mol. The number of aliphatic hydroxyl groups is 3. The van der Waals surface area contributed by atoms with Crippen molar-refractivity contribution in [3.8, 4) is 0 Å². The maximum atomic E-state index is 10.4. The van der Waals surface area contributed by atoms with E-state index in [0.29, 0.717) is 25.7 Å². The molecule has 152 valence electrons. The van der Waals surface area contributed by atoms with Crippen LogP contribution in [0.5, 0.6) is 0 Å². The predicted molar refractivity (Wildman–Crippen MR) is 107 cm³/mol.